The highest BCUT2D eigenvalue weighted by Gasteiger charge is 2.50. The molecule has 4 fully saturated rings. The number of rotatable bonds is 8. The van der Waals surface area contributed by atoms with Crippen molar-refractivity contribution in [1.29, 1.82) is 0 Å². The van der Waals surface area contributed by atoms with Gasteiger partial charge in [-0.2, -0.15) is 0 Å². The Hall–Kier alpha value is -2.13. The summed E-state index contributed by atoms with van der Waals surface area (Å²) in [6.07, 6.45) is 13.4. The molecule has 180 valence electrons. The van der Waals surface area contributed by atoms with E-state index in [0.717, 1.165) is 48.6 Å². The average molecular weight is 457 g/mol. The number of unbranched alkanes of at least 4 members (excludes halogenated alkanes) is 1. The summed E-state index contributed by atoms with van der Waals surface area (Å²) in [5, 5.41) is 4.06. The van der Waals surface area contributed by atoms with Gasteiger partial charge in [0.05, 0.1) is 18.9 Å². The van der Waals surface area contributed by atoms with Gasteiger partial charge in [-0.25, -0.2) is 0 Å². The van der Waals surface area contributed by atoms with E-state index in [9.17, 15) is 0 Å². The van der Waals surface area contributed by atoms with Crippen molar-refractivity contribution < 1.29 is 4.74 Å². The highest BCUT2D eigenvalue weighted by atomic mass is 16.5. The second-order valence-corrected chi connectivity index (χ2v) is 11.7. The summed E-state index contributed by atoms with van der Waals surface area (Å²) in [5.74, 6) is 3.92. The van der Waals surface area contributed by atoms with Crippen LogP contribution < -0.4 is 10.1 Å². The van der Waals surface area contributed by atoms with E-state index < -0.39 is 0 Å². The van der Waals surface area contributed by atoms with Crippen LogP contribution in [0.4, 0.5) is 0 Å². The lowest BCUT2D eigenvalue weighted by atomic mass is 9.53. The number of fused-ring (bicyclic) bond motifs is 1. The number of nitrogens with one attached hydrogen (secondary N) is 1. The van der Waals surface area contributed by atoms with E-state index in [1.54, 1.807) is 7.11 Å². The number of methoxy groups -OCH3 is 1. The molecular weight excluding hydrogens is 416 g/mol. The zero-order valence-electron chi connectivity index (χ0n) is 21.0. The van der Waals surface area contributed by atoms with E-state index in [2.05, 4.69) is 54.7 Å². The summed E-state index contributed by atoms with van der Waals surface area (Å²) in [7, 11) is 1.75. The van der Waals surface area contributed by atoms with Crippen LogP contribution in [-0.4, -0.2) is 24.4 Å². The molecule has 3 heteroatoms. The van der Waals surface area contributed by atoms with Gasteiger partial charge in [0, 0.05) is 23.2 Å². The van der Waals surface area contributed by atoms with Crippen LogP contribution in [-0.2, 0) is 13.0 Å². The molecule has 0 aromatic heterocycles. The minimum Gasteiger partial charge on any atom is -0.497 e. The first-order valence-electron chi connectivity index (χ1n) is 13.7. The smallest absolute Gasteiger partial charge is 0.119 e. The predicted octanol–water partition coefficient (Wildman–Crippen LogP) is 6.71. The number of ether oxygens (including phenoxy) is 1. The maximum atomic E-state index is 5.52. The fourth-order valence-corrected chi connectivity index (χ4v) is 7.88. The van der Waals surface area contributed by atoms with E-state index in [1.807, 2.05) is 0 Å². The van der Waals surface area contributed by atoms with E-state index in [-0.39, 0.29) is 0 Å². The van der Waals surface area contributed by atoms with Crippen LogP contribution in [0.25, 0.3) is 0 Å². The third-order valence-corrected chi connectivity index (χ3v) is 9.16. The summed E-state index contributed by atoms with van der Waals surface area (Å²) in [4.78, 5) is 5.25. The third-order valence-electron chi connectivity index (χ3n) is 9.16. The van der Waals surface area contributed by atoms with Gasteiger partial charge < -0.3 is 10.1 Å². The summed E-state index contributed by atoms with van der Waals surface area (Å²) in [6.45, 7) is 3.26. The lowest BCUT2D eigenvalue weighted by molar-refractivity contribution is -0.0206. The van der Waals surface area contributed by atoms with Crippen LogP contribution in [0.2, 0.25) is 0 Å². The molecule has 0 unspecified atom stereocenters. The number of aliphatic imine (C=N–C) groups is 1. The molecular formula is C31H40N2O. The molecule has 5 aliphatic rings. The van der Waals surface area contributed by atoms with Gasteiger partial charge in [-0.1, -0.05) is 44.0 Å². The quantitative estimate of drug-likeness (QED) is 0.479. The third kappa shape index (κ3) is 4.33. The summed E-state index contributed by atoms with van der Waals surface area (Å²) in [5.41, 5.74) is 6.86. The monoisotopic (exact) mass is 456 g/mol. The van der Waals surface area contributed by atoms with Crippen LogP contribution in [0.5, 0.6) is 5.75 Å². The largest absolute Gasteiger partial charge is 0.497 e. The van der Waals surface area contributed by atoms with Crippen molar-refractivity contribution in [3.8, 4) is 5.75 Å². The van der Waals surface area contributed by atoms with Gasteiger partial charge >= 0.3 is 0 Å². The maximum absolute atomic E-state index is 5.52. The van der Waals surface area contributed by atoms with Gasteiger partial charge in [-0.05, 0) is 98.4 Å². The van der Waals surface area contributed by atoms with Crippen molar-refractivity contribution in [2.24, 2.45) is 22.7 Å². The van der Waals surface area contributed by atoms with Crippen LogP contribution in [0, 0.1) is 17.8 Å². The van der Waals surface area contributed by atoms with Crippen molar-refractivity contribution in [3.63, 3.8) is 0 Å². The van der Waals surface area contributed by atoms with Gasteiger partial charge in [0.25, 0.3) is 0 Å². The average Bonchev–Trinajstić information content (AvgIpc) is 2.85. The standard InChI is InChI=1S/C31H40N2O/c1-3-4-5-27-15-26-16-28(34-2)10-11-29(26)30(33-27)25-8-6-21(7-9-25)20-32-31-17-22-12-23(18-31)14-24(13-22)19-31/h6-11,16,22-24,27,32H,3-5,12-15,17-20H2,1-2H3/t22?,23?,24?,27-,31?/m1/s1. The molecule has 1 atom stereocenters. The Morgan fingerprint density at radius 3 is 2.32 bits per heavy atom. The summed E-state index contributed by atoms with van der Waals surface area (Å²) >= 11 is 0. The molecule has 1 N–H and O–H groups in total. The molecule has 4 bridgehead atoms. The Morgan fingerprint density at radius 2 is 1.68 bits per heavy atom. The number of hydrogen-bond donors (Lipinski definition) is 1. The summed E-state index contributed by atoms with van der Waals surface area (Å²) in [6, 6.07) is 16.1. The van der Waals surface area contributed by atoms with Crippen LogP contribution >= 0.6 is 0 Å². The maximum Gasteiger partial charge on any atom is 0.119 e. The molecule has 4 saturated carbocycles. The van der Waals surface area contributed by atoms with Crippen molar-refractivity contribution in [2.45, 2.75) is 89.3 Å². The lowest BCUT2D eigenvalue weighted by Gasteiger charge is -2.57. The number of hydrogen-bond acceptors (Lipinski definition) is 3. The highest BCUT2D eigenvalue weighted by molar-refractivity contribution is 6.14. The van der Waals surface area contributed by atoms with Crippen LogP contribution in [0.1, 0.15) is 87.0 Å². The Morgan fingerprint density at radius 1 is 0.971 bits per heavy atom. The molecule has 2 aromatic carbocycles. The number of benzene rings is 2. The van der Waals surface area contributed by atoms with Gasteiger partial charge in [0.2, 0.25) is 0 Å². The fourth-order valence-electron chi connectivity index (χ4n) is 7.88. The zero-order valence-corrected chi connectivity index (χ0v) is 21.0. The molecule has 4 aliphatic carbocycles. The van der Waals surface area contributed by atoms with Crippen LogP contribution in [0.3, 0.4) is 0 Å². The minimum atomic E-state index is 0.368. The van der Waals surface area contributed by atoms with Gasteiger partial charge in [0.1, 0.15) is 5.75 Å². The first kappa shape index (κ1) is 22.3. The van der Waals surface area contributed by atoms with Gasteiger partial charge in [-0.3, -0.25) is 4.99 Å². The molecule has 1 heterocycles. The lowest BCUT2D eigenvalue weighted by Crippen LogP contribution is -2.58. The summed E-state index contributed by atoms with van der Waals surface area (Å²) < 4.78 is 5.52. The molecule has 2 aromatic rings. The Balaban J connectivity index is 1.19. The van der Waals surface area contributed by atoms with Crippen molar-refractivity contribution in [1.82, 2.24) is 5.32 Å². The molecule has 0 amide bonds. The Bertz CT molecular complexity index is 1020. The normalized spacial score (nSPS) is 31.3. The van der Waals surface area contributed by atoms with Crippen LogP contribution in [0.15, 0.2) is 47.5 Å². The van der Waals surface area contributed by atoms with E-state index in [4.69, 9.17) is 9.73 Å². The molecule has 34 heavy (non-hydrogen) atoms. The molecule has 7 rings (SSSR count). The molecule has 3 nitrogen and oxygen atoms in total. The second-order valence-electron chi connectivity index (χ2n) is 11.7. The molecule has 0 saturated heterocycles. The SMILES string of the molecule is CCCC[C@@H]1Cc2cc(OC)ccc2C(c2ccc(CNC34CC5CC(CC(C5)C3)C4)cc2)=N1. The minimum absolute atomic E-state index is 0.368. The molecule has 0 radical (unpaired) electrons. The topological polar surface area (TPSA) is 33.6 Å². The molecule has 0 spiro atoms. The highest BCUT2D eigenvalue weighted by Crippen LogP contribution is 2.55. The van der Waals surface area contributed by atoms with Crippen molar-refractivity contribution in [3.05, 3.63) is 64.7 Å². The van der Waals surface area contributed by atoms with Gasteiger partial charge in [0.15, 0.2) is 0 Å². The predicted molar refractivity (Wildman–Crippen MR) is 140 cm³/mol. The van der Waals surface area contributed by atoms with Crippen molar-refractivity contribution in [2.75, 3.05) is 7.11 Å². The van der Waals surface area contributed by atoms with E-state index in [1.165, 1.54) is 73.6 Å². The number of nitrogens with zero attached hydrogens (tertiary/aromatic N) is 1. The Labute approximate surface area is 205 Å². The first-order chi connectivity index (χ1) is 16.6. The molecule has 1 aliphatic heterocycles. The fraction of sp³-hybridized carbons (Fsp3) is 0.581. The van der Waals surface area contributed by atoms with Crippen molar-refractivity contribution >= 4 is 5.71 Å². The van der Waals surface area contributed by atoms with E-state index in [0.29, 0.717) is 11.6 Å². The Kier molecular flexibility index (Phi) is 6.01. The van der Waals surface area contributed by atoms with E-state index >= 15 is 0 Å². The first-order valence-corrected chi connectivity index (χ1v) is 13.7. The second kappa shape index (κ2) is 9.15. The van der Waals surface area contributed by atoms with Gasteiger partial charge in [-0.15, -0.1) is 0 Å². The zero-order chi connectivity index (χ0) is 23.1.